The van der Waals surface area contributed by atoms with Gasteiger partial charge in [-0.2, -0.15) is 0 Å². The third kappa shape index (κ3) is 2.94. The van der Waals surface area contributed by atoms with Crippen molar-refractivity contribution in [2.75, 3.05) is 19.1 Å². The first-order valence-corrected chi connectivity index (χ1v) is 8.42. The lowest BCUT2D eigenvalue weighted by Gasteiger charge is -2.53. The monoisotopic (exact) mass is 337 g/mol. The molecule has 3 rings (SSSR count). The molecule has 0 radical (unpaired) electrons. The van der Waals surface area contributed by atoms with Crippen LogP contribution in [0.4, 0.5) is 5.69 Å². The number of anilines is 1. The summed E-state index contributed by atoms with van der Waals surface area (Å²) < 4.78 is 10.9. The van der Waals surface area contributed by atoms with Crippen LogP contribution < -0.4 is 9.64 Å². The molecule has 1 saturated heterocycles. The van der Waals surface area contributed by atoms with Gasteiger partial charge < -0.3 is 9.47 Å². The van der Waals surface area contributed by atoms with Crippen LogP contribution in [0.25, 0.3) is 6.08 Å². The van der Waals surface area contributed by atoms with E-state index in [0.717, 1.165) is 17.0 Å². The van der Waals surface area contributed by atoms with Gasteiger partial charge in [-0.15, -0.1) is 0 Å². The minimum Gasteiger partial charge on any atom is -0.497 e. The molecule has 2 atom stereocenters. The molecule has 1 amide bonds. The summed E-state index contributed by atoms with van der Waals surface area (Å²) >= 11 is 0. The van der Waals surface area contributed by atoms with Gasteiger partial charge in [0.1, 0.15) is 5.75 Å². The lowest BCUT2D eigenvalue weighted by Crippen LogP contribution is -2.74. The van der Waals surface area contributed by atoms with Crippen LogP contribution >= 0.6 is 0 Å². The van der Waals surface area contributed by atoms with Crippen molar-refractivity contribution in [2.24, 2.45) is 0 Å². The van der Waals surface area contributed by atoms with Crippen LogP contribution in [-0.2, 0) is 9.53 Å². The Bertz CT molecular complexity index is 748. The van der Waals surface area contributed by atoms with Gasteiger partial charge in [0.05, 0.1) is 13.2 Å². The fraction of sp³-hybridized carbons (Fsp3) is 0.286. The molecular weight excluding hydrogens is 314 g/mol. The molecule has 0 N–H and O–H groups in total. The minimum atomic E-state index is -0.800. The Balaban J connectivity index is 1.93. The fourth-order valence-electron chi connectivity index (χ4n) is 3.34. The van der Waals surface area contributed by atoms with Gasteiger partial charge in [0.15, 0.2) is 5.60 Å². The van der Waals surface area contributed by atoms with Crippen LogP contribution in [0.2, 0.25) is 0 Å². The van der Waals surface area contributed by atoms with Crippen LogP contribution in [0.15, 0.2) is 60.7 Å². The molecule has 0 spiro atoms. The van der Waals surface area contributed by atoms with E-state index in [4.69, 9.17) is 9.47 Å². The number of hydrogen-bond donors (Lipinski definition) is 0. The summed E-state index contributed by atoms with van der Waals surface area (Å²) in [5.41, 5.74) is 1.14. The smallest absolute Gasteiger partial charge is 0.262 e. The van der Waals surface area contributed by atoms with Gasteiger partial charge in [-0.3, -0.25) is 9.69 Å². The Morgan fingerprint density at radius 1 is 1.08 bits per heavy atom. The van der Waals surface area contributed by atoms with Gasteiger partial charge in [-0.25, -0.2) is 0 Å². The standard InChI is InChI=1S/C21H23NO3/c1-4-21(25-3)19(15-10-16-8-6-5-7-9-16)22(20(21)23)17-11-13-18(24-2)14-12-17/h5-15,19H,4H2,1-3H3/b15-10+/t19?,21-/m0/s1. The molecule has 1 heterocycles. The number of β-lactam (4-membered cyclic amide) rings is 1. The Kier molecular flexibility index (Phi) is 4.91. The lowest BCUT2D eigenvalue weighted by atomic mass is 9.78. The number of rotatable bonds is 6. The second-order valence-corrected chi connectivity index (χ2v) is 6.03. The first-order valence-electron chi connectivity index (χ1n) is 8.42. The Hall–Kier alpha value is -2.59. The molecule has 2 aromatic carbocycles. The maximum absolute atomic E-state index is 12.9. The SMILES string of the molecule is CC[C@@]1(OC)C(=O)N(c2ccc(OC)cc2)C1/C=C/c1ccccc1. The normalized spacial score (nSPS) is 22.9. The summed E-state index contributed by atoms with van der Waals surface area (Å²) in [6.45, 7) is 1.98. The summed E-state index contributed by atoms with van der Waals surface area (Å²) in [5, 5.41) is 0. The summed E-state index contributed by atoms with van der Waals surface area (Å²) in [4.78, 5) is 14.6. The van der Waals surface area contributed by atoms with E-state index < -0.39 is 5.60 Å². The van der Waals surface area contributed by atoms with Gasteiger partial charge in [0, 0.05) is 12.8 Å². The van der Waals surface area contributed by atoms with Crippen molar-refractivity contribution in [2.45, 2.75) is 25.0 Å². The van der Waals surface area contributed by atoms with Crippen molar-refractivity contribution < 1.29 is 14.3 Å². The zero-order valence-corrected chi connectivity index (χ0v) is 14.8. The number of carbonyl (C=O) groups excluding carboxylic acids is 1. The predicted molar refractivity (Wildman–Crippen MR) is 99.8 cm³/mol. The third-order valence-electron chi connectivity index (χ3n) is 4.85. The van der Waals surface area contributed by atoms with Gasteiger partial charge in [0.25, 0.3) is 5.91 Å². The maximum atomic E-state index is 12.9. The predicted octanol–water partition coefficient (Wildman–Crippen LogP) is 3.92. The molecule has 130 valence electrons. The van der Waals surface area contributed by atoms with Crippen LogP contribution in [0, 0.1) is 0 Å². The van der Waals surface area contributed by atoms with Crippen molar-refractivity contribution in [1.82, 2.24) is 0 Å². The van der Waals surface area contributed by atoms with E-state index in [0.29, 0.717) is 6.42 Å². The van der Waals surface area contributed by atoms with Crippen molar-refractivity contribution in [3.63, 3.8) is 0 Å². The fourth-order valence-corrected chi connectivity index (χ4v) is 3.34. The van der Waals surface area contributed by atoms with Crippen molar-refractivity contribution in [3.05, 3.63) is 66.2 Å². The molecule has 0 aliphatic carbocycles. The number of methoxy groups -OCH3 is 2. The van der Waals surface area contributed by atoms with Gasteiger partial charge in [-0.05, 0) is 36.2 Å². The maximum Gasteiger partial charge on any atom is 0.262 e. The van der Waals surface area contributed by atoms with Crippen LogP contribution in [0.5, 0.6) is 5.75 Å². The first-order chi connectivity index (χ1) is 12.2. The number of benzene rings is 2. The Morgan fingerprint density at radius 2 is 1.76 bits per heavy atom. The highest BCUT2D eigenvalue weighted by Crippen LogP contribution is 2.41. The van der Waals surface area contributed by atoms with Crippen LogP contribution in [-0.4, -0.2) is 31.8 Å². The van der Waals surface area contributed by atoms with E-state index in [9.17, 15) is 4.79 Å². The van der Waals surface area contributed by atoms with Gasteiger partial charge >= 0.3 is 0 Å². The summed E-state index contributed by atoms with van der Waals surface area (Å²) in [6.07, 6.45) is 4.71. The highest BCUT2D eigenvalue weighted by molar-refractivity contribution is 6.09. The minimum absolute atomic E-state index is 0.00891. The Morgan fingerprint density at radius 3 is 2.32 bits per heavy atom. The van der Waals surface area contributed by atoms with Gasteiger partial charge in [0.2, 0.25) is 0 Å². The second kappa shape index (κ2) is 7.11. The number of carbonyl (C=O) groups is 1. The third-order valence-corrected chi connectivity index (χ3v) is 4.85. The average molecular weight is 337 g/mol. The van der Waals surface area contributed by atoms with E-state index in [1.54, 1.807) is 19.1 Å². The lowest BCUT2D eigenvalue weighted by molar-refractivity contribution is -0.156. The number of hydrogen-bond acceptors (Lipinski definition) is 3. The van der Waals surface area contributed by atoms with Crippen LogP contribution in [0.1, 0.15) is 18.9 Å². The van der Waals surface area contributed by atoms with E-state index in [-0.39, 0.29) is 11.9 Å². The molecule has 1 fully saturated rings. The first kappa shape index (κ1) is 17.2. The molecule has 0 saturated carbocycles. The quantitative estimate of drug-likeness (QED) is 0.750. The van der Waals surface area contributed by atoms with Crippen molar-refractivity contribution in [1.29, 1.82) is 0 Å². The molecule has 1 aliphatic heterocycles. The largest absolute Gasteiger partial charge is 0.497 e. The van der Waals surface area contributed by atoms with E-state index in [1.165, 1.54) is 0 Å². The van der Waals surface area contributed by atoms with Crippen LogP contribution in [0.3, 0.4) is 0 Å². The van der Waals surface area contributed by atoms with Gasteiger partial charge in [-0.1, -0.05) is 49.4 Å². The number of amides is 1. The van der Waals surface area contributed by atoms with E-state index >= 15 is 0 Å². The molecule has 4 heteroatoms. The molecule has 1 aliphatic rings. The number of nitrogens with zero attached hydrogens (tertiary/aromatic N) is 1. The van der Waals surface area contributed by atoms with Crippen molar-refractivity contribution >= 4 is 17.7 Å². The Labute approximate surface area is 148 Å². The van der Waals surface area contributed by atoms with E-state index in [1.807, 2.05) is 73.7 Å². The highest BCUT2D eigenvalue weighted by atomic mass is 16.5. The highest BCUT2D eigenvalue weighted by Gasteiger charge is 2.59. The molecule has 2 aromatic rings. The zero-order valence-electron chi connectivity index (χ0n) is 14.8. The topological polar surface area (TPSA) is 38.8 Å². The molecule has 0 bridgehead atoms. The van der Waals surface area contributed by atoms with E-state index in [2.05, 4.69) is 0 Å². The summed E-state index contributed by atoms with van der Waals surface area (Å²) in [7, 11) is 3.23. The zero-order chi connectivity index (χ0) is 17.9. The van der Waals surface area contributed by atoms with Crippen molar-refractivity contribution in [3.8, 4) is 5.75 Å². The molecule has 0 aromatic heterocycles. The molecule has 1 unspecified atom stereocenters. The summed E-state index contributed by atoms with van der Waals surface area (Å²) in [5.74, 6) is 0.756. The molecule has 4 nitrogen and oxygen atoms in total. The molecular formula is C21H23NO3. The second-order valence-electron chi connectivity index (χ2n) is 6.03. The number of ether oxygens (including phenoxy) is 2. The summed E-state index contributed by atoms with van der Waals surface area (Å²) in [6, 6.07) is 17.4. The average Bonchev–Trinajstić information content (AvgIpc) is 2.67. The molecule has 25 heavy (non-hydrogen) atoms.